The fourth-order valence-electron chi connectivity index (χ4n) is 3.37. The maximum Gasteiger partial charge on any atom is 0.240 e. The number of anilines is 1. The summed E-state index contributed by atoms with van der Waals surface area (Å²) in [6.07, 6.45) is 2.01. The highest BCUT2D eigenvalue weighted by Crippen LogP contribution is 2.30. The molecule has 1 aliphatic rings. The van der Waals surface area contributed by atoms with Gasteiger partial charge in [0.15, 0.2) is 5.82 Å². The summed E-state index contributed by atoms with van der Waals surface area (Å²) in [7, 11) is 1.64. The van der Waals surface area contributed by atoms with E-state index in [4.69, 9.17) is 4.74 Å². The number of methoxy groups -OCH3 is 1. The van der Waals surface area contributed by atoms with Crippen LogP contribution < -0.4 is 9.64 Å². The predicted octanol–water partition coefficient (Wildman–Crippen LogP) is 3.94. The van der Waals surface area contributed by atoms with E-state index in [2.05, 4.69) is 21.2 Å². The molecule has 2 heterocycles. The smallest absolute Gasteiger partial charge is 0.240 e. The Balaban J connectivity index is 1.46. The Morgan fingerprint density at radius 1 is 1.21 bits per heavy atom. The fourth-order valence-corrected chi connectivity index (χ4v) is 4.15. The Kier molecular flexibility index (Phi) is 5.34. The number of aryl methyl sites for hydroxylation is 1. The first kappa shape index (κ1) is 18.6. The number of nitrogens with zero attached hydrogens (tertiary/aromatic N) is 3. The normalized spacial score (nSPS) is 14.4. The van der Waals surface area contributed by atoms with Gasteiger partial charge in [0.25, 0.3) is 0 Å². The SMILES string of the molecule is COc1ccc(-c2nc(SC(C)C(=O)N3CCCc4ccccc43)n[nH]2)cc1. The molecule has 144 valence electrons. The maximum absolute atomic E-state index is 13.0. The first-order chi connectivity index (χ1) is 13.7. The molecule has 1 atom stereocenters. The minimum atomic E-state index is -0.273. The van der Waals surface area contributed by atoms with Gasteiger partial charge in [0, 0.05) is 17.8 Å². The second-order valence-electron chi connectivity index (χ2n) is 6.68. The Morgan fingerprint density at radius 3 is 2.79 bits per heavy atom. The van der Waals surface area contributed by atoms with Gasteiger partial charge in [0.05, 0.1) is 12.4 Å². The quantitative estimate of drug-likeness (QED) is 0.664. The molecule has 1 unspecified atom stereocenters. The van der Waals surface area contributed by atoms with Crippen molar-refractivity contribution >= 4 is 23.4 Å². The van der Waals surface area contributed by atoms with E-state index < -0.39 is 0 Å². The zero-order valence-corrected chi connectivity index (χ0v) is 16.7. The van der Waals surface area contributed by atoms with Crippen LogP contribution in [0.3, 0.4) is 0 Å². The van der Waals surface area contributed by atoms with Gasteiger partial charge >= 0.3 is 0 Å². The number of aromatic amines is 1. The topological polar surface area (TPSA) is 71.1 Å². The molecule has 28 heavy (non-hydrogen) atoms. The van der Waals surface area contributed by atoms with Gasteiger partial charge in [-0.1, -0.05) is 30.0 Å². The molecule has 0 radical (unpaired) electrons. The molecule has 0 aliphatic carbocycles. The number of nitrogens with one attached hydrogen (secondary N) is 1. The number of fused-ring (bicyclic) bond motifs is 1. The largest absolute Gasteiger partial charge is 0.497 e. The summed E-state index contributed by atoms with van der Waals surface area (Å²) in [5, 5.41) is 7.52. The zero-order valence-electron chi connectivity index (χ0n) is 15.9. The van der Waals surface area contributed by atoms with Crippen molar-refractivity contribution in [1.29, 1.82) is 0 Å². The monoisotopic (exact) mass is 394 g/mol. The van der Waals surface area contributed by atoms with Gasteiger partial charge in [0.2, 0.25) is 11.1 Å². The standard InChI is InChI=1S/C21H22N4O2S/c1-14(20(26)25-13-5-7-15-6-3-4-8-18(15)25)28-21-22-19(23-24-21)16-9-11-17(27-2)12-10-16/h3-4,6,8-12,14H,5,7,13H2,1-2H3,(H,22,23,24). The predicted molar refractivity (Wildman–Crippen MR) is 111 cm³/mol. The van der Waals surface area contributed by atoms with E-state index in [0.29, 0.717) is 11.0 Å². The molecule has 6 nitrogen and oxygen atoms in total. The molecule has 1 aliphatic heterocycles. The van der Waals surface area contributed by atoms with Gasteiger partial charge in [-0.3, -0.25) is 9.89 Å². The minimum Gasteiger partial charge on any atom is -0.497 e. The molecule has 3 aromatic rings. The number of carbonyl (C=O) groups is 1. The lowest BCUT2D eigenvalue weighted by Crippen LogP contribution is -2.40. The van der Waals surface area contributed by atoms with Crippen LogP contribution in [-0.4, -0.2) is 40.0 Å². The average Bonchev–Trinajstić information content (AvgIpc) is 3.21. The molecule has 0 bridgehead atoms. The summed E-state index contributed by atoms with van der Waals surface area (Å²) in [5.74, 6) is 1.56. The van der Waals surface area contributed by atoms with Gasteiger partial charge in [-0.2, -0.15) is 0 Å². The van der Waals surface area contributed by atoms with Crippen molar-refractivity contribution < 1.29 is 9.53 Å². The third kappa shape index (κ3) is 3.75. The fraction of sp³-hybridized carbons (Fsp3) is 0.286. The van der Waals surface area contributed by atoms with E-state index in [0.717, 1.165) is 36.4 Å². The molecule has 2 aromatic carbocycles. The number of H-pyrrole nitrogens is 1. The summed E-state index contributed by atoms with van der Waals surface area (Å²) in [4.78, 5) is 19.5. The van der Waals surface area contributed by atoms with Crippen molar-refractivity contribution in [3.63, 3.8) is 0 Å². The zero-order chi connectivity index (χ0) is 19.5. The number of rotatable bonds is 5. The lowest BCUT2D eigenvalue weighted by atomic mass is 10.0. The third-order valence-electron chi connectivity index (χ3n) is 4.83. The molecule has 1 aromatic heterocycles. The molecular formula is C21H22N4O2S. The third-order valence-corrected chi connectivity index (χ3v) is 5.78. The van der Waals surface area contributed by atoms with Crippen LogP contribution in [-0.2, 0) is 11.2 Å². The van der Waals surface area contributed by atoms with Crippen LogP contribution in [0.15, 0.2) is 53.7 Å². The Labute approximate surface area is 168 Å². The van der Waals surface area contributed by atoms with Crippen LogP contribution >= 0.6 is 11.8 Å². The summed E-state index contributed by atoms with van der Waals surface area (Å²) < 4.78 is 5.18. The van der Waals surface area contributed by atoms with Gasteiger partial charge in [0.1, 0.15) is 5.75 Å². The summed E-state index contributed by atoms with van der Waals surface area (Å²) >= 11 is 1.37. The Hall–Kier alpha value is -2.80. The van der Waals surface area contributed by atoms with Crippen molar-refractivity contribution in [3.05, 3.63) is 54.1 Å². The molecule has 1 amide bonds. The average molecular weight is 395 g/mol. The molecule has 0 saturated heterocycles. The summed E-state index contributed by atoms with van der Waals surface area (Å²) in [6.45, 7) is 2.67. The van der Waals surface area contributed by atoms with Crippen LogP contribution in [0.5, 0.6) is 5.75 Å². The molecule has 0 spiro atoms. The van der Waals surface area contributed by atoms with E-state index in [-0.39, 0.29) is 11.2 Å². The number of para-hydroxylation sites is 1. The second kappa shape index (κ2) is 8.06. The number of carbonyl (C=O) groups excluding carboxylic acids is 1. The molecule has 0 fully saturated rings. The van der Waals surface area contributed by atoms with Crippen LogP contribution in [0.2, 0.25) is 0 Å². The highest BCUT2D eigenvalue weighted by Gasteiger charge is 2.27. The minimum absolute atomic E-state index is 0.0907. The highest BCUT2D eigenvalue weighted by molar-refractivity contribution is 8.00. The first-order valence-corrected chi connectivity index (χ1v) is 10.2. The Morgan fingerprint density at radius 2 is 2.00 bits per heavy atom. The van der Waals surface area contributed by atoms with Crippen molar-refractivity contribution in [3.8, 4) is 17.1 Å². The number of thioether (sulfide) groups is 1. The second-order valence-corrected chi connectivity index (χ2v) is 7.99. The lowest BCUT2D eigenvalue weighted by Gasteiger charge is -2.31. The van der Waals surface area contributed by atoms with Crippen molar-refractivity contribution in [2.24, 2.45) is 0 Å². The van der Waals surface area contributed by atoms with Crippen molar-refractivity contribution in [1.82, 2.24) is 15.2 Å². The van der Waals surface area contributed by atoms with Crippen LogP contribution in [0.4, 0.5) is 5.69 Å². The Bertz CT molecular complexity index is 971. The molecule has 1 N–H and O–H groups in total. The van der Waals surface area contributed by atoms with Crippen molar-refractivity contribution in [2.75, 3.05) is 18.6 Å². The number of hydrogen-bond donors (Lipinski definition) is 1. The van der Waals surface area contributed by atoms with E-state index >= 15 is 0 Å². The van der Waals surface area contributed by atoms with Crippen LogP contribution in [0, 0.1) is 0 Å². The molecule has 7 heteroatoms. The summed E-state index contributed by atoms with van der Waals surface area (Å²) in [6, 6.07) is 15.7. The van der Waals surface area contributed by atoms with E-state index in [9.17, 15) is 4.79 Å². The van der Waals surface area contributed by atoms with Crippen LogP contribution in [0.25, 0.3) is 11.4 Å². The number of ether oxygens (including phenoxy) is 1. The van der Waals surface area contributed by atoms with Gasteiger partial charge in [-0.05, 0) is 55.7 Å². The van der Waals surface area contributed by atoms with Gasteiger partial charge in [-0.15, -0.1) is 5.10 Å². The maximum atomic E-state index is 13.0. The molecule has 0 saturated carbocycles. The van der Waals surface area contributed by atoms with Gasteiger partial charge < -0.3 is 9.64 Å². The molecule has 4 rings (SSSR count). The lowest BCUT2D eigenvalue weighted by molar-refractivity contribution is -0.117. The van der Waals surface area contributed by atoms with E-state index in [1.165, 1.54) is 17.3 Å². The van der Waals surface area contributed by atoms with E-state index in [1.54, 1.807) is 7.11 Å². The van der Waals surface area contributed by atoms with Gasteiger partial charge in [-0.25, -0.2) is 4.98 Å². The number of hydrogen-bond acceptors (Lipinski definition) is 5. The number of benzene rings is 2. The first-order valence-electron chi connectivity index (χ1n) is 9.28. The number of aromatic nitrogens is 3. The van der Waals surface area contributed by atoms with Crippen LogP contribution in [0.1, 0.15) is 18.9 Å². The summed E-state index contributed by atoms with van der Waals surface area (Å²) in [5.41, 5.74) is 3.18. The van der Waals surface area contributed by atoms with E-state index in [1.807, 2.05) is 54.3 Å². The van der Waals surface area contributed by atoms with Crippen molar-refractivity contribution in [2.45, 2.75) is 30.2 Å². The number of amides is 1. The highest BCUT2D eigenvalue weighted by atomic mass is 32.2. The molecular weight excluding hydrogens is 372 g/mol.